The minimum absolute atomic E-state index is 0.0560. The van der Waals surface area contributed by atoms with E-state index in [0.29, 0.717) is 16.0 Å². The molecule has 0 saturated heterocycles. The van der Waals surface area contributed by atoms with Crippen LogP contribution in [0.5, 0.6) is 5.75 Å². The van der Waals surface area contributed by atoms with Crippen molar-refractivity contribution in [3.05, 3.63) is 74.6 Å². The summed E-state index contributed by atoms with van der Waals surface area (Å²) in [5, 5.41) is 24.6. The van der Waals surface area contributed by atoms with Crippen molar-refractivity contribution in [3.63, 3.8) is 0 Å². The summed E-state index contributed by atoms with van der Waals surface area (Å²) in [4.78, 5) is 48.7. The predicted molar refractivity (Wildman–Crippen MR) is 125 cm³/mol. The molecular weight excluding hydrogens is 464 g/mol. The fourth-order valence-corrected chi connectivity index (χ4v) is 3.60. The number of hydrogen-bond donors (Lipinski definition) is 4. The third-order valence-corrected chi connectivity index (χ3v) is 5.50. The highest BCUT2D eigenvalue weighted by atomic mass is 35.5. The van der Waals surface area contributed by atoms with Gasteiger partial charge in [-0.15, -0.1) is 0 Å². The second-order valence-electron chi connectivity index (χ2n) is 7.74. The van der Waals surface area contributed by atoms with E-state index in [4.69, 9.17) is 21.1 Å². The molecule has 3 aromatic rings. The van der Waals surface area contributed by atoms with Crippen LogP contribution in [0.3, 0.4) is 0 Å². The lowest BCUT2D eigenvalue weighted by atomic mass is 10.0. The number of phenols is 1. The van der Waals surface area contributed by atoms with E-state index < -0.39 is 29.5 Å². The number of amides is 2. The van der Waals surface area contributed by atoms with Gasteiger partial charge in [0.05, 0.1) is 18.4 Å². The Bertz CT molecular complexity index is 1280. The average molecular weight is 487 g/mol. The zero-order valence-corrected chi connectivity index (χ0v) is 19.0. The van der Waals surface area contributed by atoms with E-state index in [1.165, 1.54) is 12.1 Å². The van der Waals surface area contributed by atoms with Crippen LogP contribution in [0.4, 0.5) is 0 Å². The number of phenolic OH excluding ortho intramolecular Hbond substituents is 1. The predicted octanol–water partition coefficient (Wildman–Crippen LogP) is 2.32. The lowest BCUT2D eigenvalue weighted by Crippen LogP contribution is -2.49. The van der Waals surface area contributed by atoms with Gasteiger partial charge in [0.25, 0.3) is 0 Å². The number of benzene rings is 2. The molecule has 3 rings (SSSR count). The van der Waals surface area contributed by atoms with E-state index in [2.05, 4.69) is 10.6 Å². The smallest absolute Gasteiger partial charge is 0.340 e. The zero-order chi connectivity index (χ0) is 24.8. The summed E-state index contributed by atoms with van der Waals surface area (Å²) in [6.07, 6.45) is -0.461. The topological polar surface area (TPSA) is 146 Å². The van der Waals surface area contributed by atoms with Gasteiger partial charge in [0, 0.05) is 29.4 Å². The number of rotatable bonds is 9. The summed E-state index contributed by atoms with van der Waals surface area (Å²) < 4.78 is 5.25. The molecular formula is C24H23ClN2O7. The van der Waals surface area contributed by atoms with Crippen molar-refractivity contribution in [2.45, 2.75) is 32.2 Å². The first kappa shape index (κ1) is 24.8. The van der Waals surface area contributed by atoms with Crippen LogP contribution in [0.25, 0.3) is 11.0 Å². The van der Waals surface area contributed by atoms with Gasteiger partial charge in [0.1, 0.15) is 17.4 Å². The number of nitrogens with one attached hydrogen (secondary N) is 2. The van der Waals surface area contributed by atoms with Crippen LogP contribution in [-0.4, -0.2) is 40.6 Å². The molecule has 2 amide bonds. The second kappa shape index (κ2) is 10.8. The molecule has 0 aliphatic heterocycles. The number of carboxylic acids is 1. The number of halogens is 1. The van der Waals surface area contributed by atoms with Crippen molar-refractivity contribution >= 4 is 40.4 Å². The maximum Gasteiger partial charge on any atom is 0.340 e. The maximum atomic E-state index is 12.8. The number of carbonyl (C=O) groups excluding carboxylic acids is 2. The van der Waals surface area contributed by atoms with Gasteiger partial charge in [0.2, 0.25) is 11.8 Å². The van der Waals surface area contributed by atoms with Crippen LogP contribution in [0, 0.1) is 6.92 Å². The molecule has 0 aliphatic carbocycles. The van der Waals surface area contributed by atoms with Crippen LogP contribution in [-0.2, 0) is 27.2 Å². The number of hydrogen-bond acceptors (Lipinski definition) is 6. The Kier molecular flexibility index (Phi) is 7.91. The van der Waals surface area contributed by atoms with Crippen molar-refractivity contribution in [3.8, 4) is 5.75 Å². The van der Waals surface area contributed by atoms with Crippen molar-refractivity contribution in [2.24, 2.45) is 0 Å². The first-order valence-electron chi connectivity index (χ1n) is 10.4. The first-order chi connectivity index (χ1) is 16.1. The van der Waals surface area contributed by atoms with Crippen molar-refractivity contribution in [1.82, 2.24) is 10.6 Å². The van der Waals surface area contributed by atoms with Gasteiger partial charge in [-0.05, 0) is 42.3 Å². The molecule has 0 radical (unpaired) electrons. The number of carbonyl (C=O) groups is 3. The van der Waals surface area contributed by atoms with E-state index in [0.717, 1.165) is 5.56 Å². The number of carboxylic acid groups (broad SMARTS) is 1. The van der Waals surface area contributed by atoms with Gasteiger partial charge in [-0.2, -0.15) is 0 Å². The number of fused-ring (bicyclic) bond motifs is 1. The van der Waals surface area contributed by atoms with E-state index in [-0.39, 0.29) is 42.7 Å². The molecule has 0 bridgehead atoms. The Morgan fingerprint density at radius 3 is 2.50 bits per heavy atom. The summed E-state index contributed by atoms with van der Waals surface area (Å²) in [7, 11) is 0. The lowest BCUT2D eigenvalue weighted by Gasteiger charge is -2.19. The van der Waals surface area contributed by atoms with E-state index >= 15 is 0 Å². The molecule has 1 unspecified atom stereocenters. The summed E-state index contributed by atoms with van der Waals surface area (Å²) in [6, 6.07) is 10.1. The summed E-state index contributed by atoms with van der Waals surface area (Å²) >= 11 is 5.91. The molecule has 1 aromatic heterocycles. The molecule has 9 nitrogen and oxygen atoms in total. The van der Waals surface area contributed by atoms with Crippen LogP contribution < -0.4 is 16.3 Å². The highest BCUT2D eigenvalue weighted by Gasteiger charge is 2.23. The Morgan fingerprint density at radius 2 is 1.82 bits per heavy atom. The molecule has 0 fully saturated rings. The molecule has 2 aromatic carbocycles. The molecule has 0 spiro atoms. The number of aliphatic carboxylic acids is 1. The normalized spacial score (nSPS) is 11.7. The highest BCUT2D eigenvalue weighted by Crippen LogP contribution is 2.23. The Balaban J connectivity index is 1.79. The Morgan fingerprint density at radius 1 is 1.12 bits per heavy atom. The van der Waals surface area contributed by atoms with Crippen LogP contribution in [0.15, 0.2) is 51.7 Å². The summed E-state index contributed by atoms with van der Waals surface area (Å²) in [5.41, 5.74) is 0.870. The minimum atomic E-state index is -1.06. The average Bonchev–Trinajstić information content (AvgIpc) is 2.77. The monoisotopic (exact) mass is 486 g/mol. The molecule has 1 heterocycles. The largest absolute Gasteiger partial charge is 0.508 e. The molecule has 10 heteroatoms. The van der Waals surface area contributed by atoms with Gasteiger partial charge >= 0.3 is 11.6 Å². The molecule has 178 valence electrons. The van der Waals surface area contributed by atoms with Crippen molar-refractivity contribution in [1.29, 1.82) is 0 Å². The Labute approximate surface area is 199 Å². The molecule has 1 atom stereocenters. The van der Waals surface area contributed by atoms with Crippen molar-refractivity contribution < 1.29 is 29.0 Å². The molecule has 0 aliphatic rings. The number of aromatic hydroxyl groups is 1. The fraction of sp³-hybridized carbons (Fsp3) is 0.250. The highest BCUT2D eigenvalue weighted by molar-refractivity contribution is 6.30. The van der Waals surface area contributed by atoms with Gasteiger partial charge < -0.3 is 25.3 Å². The van der Waals surface area contributed by atoms with Gasteiger partial charge in [-0.1, -0.05) is 23.7 Å². The van der Waals surface area contributed by atoms with Crippen LogP contribution >= 0.6 is 11.6 Å². The van der Waals surface area contributed by atoms with E-state index in [9.17, 15) is 24.3 Å². The number of aryl methyl sites for hydroxylation is 1. The Hall–Kier alpha value is -3.85. The fourth-order valence-electron chi connectivity index (χ4n) is 3.47. The van der Waals surface area contributed by atoms with Crippen LogP contribution in [0.2, 0.25) is 5.02 Å². The third kappa shape index (κ3) is 6.35. The van der Waals surface area contributed by atoms with Gasteiger partial charge in [-0.3, -0.25) is 14.4 Å². The SMILES string of the molecule is Cc1c(CC(=O)NC(Cc2ccc(Cl)cc2)C(=O)NCCC(=O)O)c(=O)oc2cc(O)ccc12. The first-order valence-corrected chi connectivity index (χ1v) is 10.8. The standard InChI is InChI=1S/C24H23ClN2O7/c1-13-17-7-6-16(28)11-20(17)34-24(33)18(13)12-21(29)27-19(23(32)26-9-8-22(30)31)10-14-2-4-15(25)5-3-14/h2-7,11,19,28H,8-10,12H2,1H3,(H,26,32)(H,27,29)(H,30,31). The molecule has 34 heavy (non-hydrogen) atoms. The lowest BCUT2D eigenvalue weighted by molar-refractivity contribution is -0.137. The summed E-state index contributed by atoms with van der Waals surface area (Å²) in [6.45, 7) is 1.57. The minimum Gasteiger partial charge on any atom is -0.508 e. The van der Waals surface area contributed by atoms with Gasteiger partial charge in [-0.25, -0.2) is 4.79 Å². The van der Waals surface area contributed by atoms with Crippen LogP contribution in [0.1, 0.15) is 23.1 Å². The molecule has 0 saturated carbocycles. The van der Waals surface area contributed by atoms with E-state index in [1.807, 2.05) is 0 Å². The quantitative estimate of drug-likeness (QED) is 0.339. The zero-order valence-electron chi connectivity index (χ0n) is 18.3. The van der Waals surface area contributed by atoms with Crippen molar-refractivity contribution in [2.75, 3.05) is 6.54 Å². The second-order valence-corrected chi connectivity index (χ2v) is 8.17. The third-order valence-electron chi connectivity index (χ3n) is 5.25. The maximum absolute atomic E-state index is 12.8. The molecule has 4 N–H and O–H groups in total. The van der Waals surface area contributed by atoms with E-state index in [1.54, 1.807) is 37.3 Å². The van der Waals surface area contributed by atoms with Gasteiger partial charge in [0.15, 0.2) is 0 Å². The summed E-state index contributed by atoms with van der Waals surface area (Å²) in [5.74, 6) is -2.26.